The molecule has 0 aliphatic carbocycles. The summed E-state index contributed by atoms with van der Waals surface area (Å²) < 4.78 is 13.1. The first kappa shape index (κ1) is 33.3. The van der Waals surface area contributed by atoms with E-state index in [-0.39, 0.29) is 0 Å². The van der Waals surface area contributed by atoms with E-state index in [2.05, 4.69) is 205 Å². The van der Waals surface area contributed by atoms with Crippen molar-refractivity contribution in [2.45, 2.75) is 0 Å². The van der Waals surface area contributed by atoms with E-state index in [1.807, 2.05) is 12.1 Å². The average molecular weight is 754 g/mol. The highest BCUT2D eigenvalue weighted by Gasteiger charge is 2.20. The molecule has 0 spiro atoms. The second kappa shape index (κ2) is 13.4. The Hall–Kier alpha value is -7.88. The van der Waals surface area contributed by atoms with E-state index in [0.29, 0.717) is 0 Å². The van der Waals surface area contributed by atoms with Crippen molar-refractivity contribution < 1.29 is 8.83 Å². The molecule has 2 aromatic heterocycles. The second-order valence-corrected chi connectivity index (χ2v) is 15.3. The molecule has 12 aromatic rings. The molecule has 0 atom stereocenters. The number of anilines is 3. The minimum atomic E-state index is 0.829. The Morgan fingerprint density at radius 3 is 1.76 bits per heavy atom. The minimum Gasteiger partial charge on any atom is -0.456 e. The van der Waals surface area contributed by atoms with Gasteiger partial charge in [-0.15, -0.1) is 0 Å². The minimum absolute atomic E-state index is 0.829. The van der Waals surface area contributed by atoms with Crippen LogP contribution in [0.2, 0.25) is 0 Å². The van der Waals surface area contributed by atoms with Crippen LogP contribution in [0.4, 0.5) is 17.1 Å². The Morgan fingerprint density at radius 1 is 0.288 bits per heavy atom. The maximum atomic E-state index is 6.88. The van der Waals surface area contributed by atoms with E-state index in [9.17, 15) is 0 Å². The molecule has 0 saturated heterocycles. The Kier molecular flexibility index (Phi) is 7.54. The van der Waals surface area contributed by atoms with Gasteiger partial charge in [0.25, 0.3) is 0 Å². The van der Waals surface area contributed by atoms with Gasteiger partial charge in [-0.25, -0.2) is 0 Å². The zero-order valence-corrected chi connectivity index (χ0v) is 32.0. The van der Waals surface area contributed by atoms with Gasteiger partial charge < -0.3 is 13.7 Å². The van der Waals surface area contributed by atoms with Crippen molar-refractivity contribution in [1.82, 2.24) is 0 Å². The third-order valence-electron chi connectivity index (χ3n) is 11.9. The number of hydrogen-bond donors (Lipinski definition) is 0. The third kappa shape index (κ3) is 5.51. The second-order valence-electron chi connectivity index (χ2n) is 15.3. The first-order valence-corrected chi connectivity index (χ1v) is 20.1. The summed E-state index contributed by atoms with van der Waals surface area (Å²) in [5.74, 6) is 0. The monoisotopic (exact) mass is 753 g/mol. The maximum Gasteiger partial charge on any atom is 0.147 e. The summed E-state index contributed by atoms with van der Waals surface area (Å²) in [6.45, 7) is 0. The molecule has 2 heterocycles. The molecule has 0 radical (unpaired) electrons. The molecule has 12 rings (SSSR count). The van der Waals surface area contributed by atoms with Crippen molar-refractivity contribution in [2.75, 3.05) is 4.90 Å². The molecule has 0 fully saturated rings. The topological polar surface area (TPSA) is 29.5 Å². The Labute approximate surface area is 340 Å². The number of furan rings is 2. The van der Waals surface area contributed by atoms with Crippen molar-refractivity contribution in [3.05, 3.63) is 212 Å². The van der Waals surface area contributed by atoms with E-state index in [0.717, 1.165) is 72.1 Å². The van der Waals surface area contributed by atoms with Crippen molar-refractivity contribution in [3.8, 4) is 33.4 Å². The fourth-order valence-corrected chi connectivity index (χ4v) is 8.99. The number of benzene rings is 10. The Morgan fingerprint density at radius 2 is 0.915 bits per heavy atom. The molecule has 0 saturated carbocycles. The summed E-state index contributed by atoms with van der Waals surface area (Å²) in [4.78, 5) is 2.35. The van der Waals surface area contributed by atoms with Crippen LogP contribution in [0.1, 0.15) is 0 Å². The molecule has 0 N–H and O–H groups in total. The molecular formula is C56H35NO2. The van der Waals surface area contributed by atoms with Gasteiger partial charge in [0.1, 0.15) is 22.3 Å². The maximum absolute atomic E-state index is 6.88. The van der Waals surface area contributed by atoms with E-state index < -0.39 is 0 Å². The fourth-order valence-electron chi connectivity index (χ4n) is 8.99. The number of fused-ring (bicyclic) bond motifs is 9. The lowest BCUT2D eigenvalue weighted by Gasteiger charge is -2.26. The van der Waals surface area contributed by atoms with Crippen molar-refractivity contribution >= 4 is 82.5 Å². The lowest BCUT2D eigenvalue weighted by atomic mass is 9.97. The molecule has 0 aliphatic heterocycles. The van der Waals surface area contributed by atoms with Gasteiger partial charge >= 0.3 is 0 Å². The van der Waals surface area contributed by atoms with Gasteiger partial charge in [0.2, 0.25) is 0 Å². The van der Waals surface area contributed by atoms with Crippen LogP contribution in [0, 0.1) is 0 Å². The first-order valence-electron chi connectivity index (χ1n) is 20.1. The molecule has 10 aromatic carbocycles. The third-order valence-corrected chi connectivity index (χ3v) is 11.9. The summed E-state index contributed by atoms with van der Waals surface area (Å²) in [5, 5.41) is 9.20. The molecule has 0 aliphatic rings. The highest BCUT2D eigenvalue weighted by molar-refractivity contribution is 6.23. The molecule has 3 heteroatoms. The van der Waals surface area contributed by atoms with Gasteiger partial charge in [-0.3, -0.25) is 0 Å². The van der Waals surface area contributed by atoms with Gasteiger partial charge in [-0.2, -0.15) is 0 Å². The first-order chi connectivity index (χ1) is 29.2. The number of rotatable bonds is 6. The van der Waals surface area contributed by atoms with E-state index in [1.165, 1.54) is 43.8 Å². The molecule has 0 bridgehead atoms. The molecular weight excluding hydrogens is 719 g/mol. The summed E-state index contributed by atoms with van der Waals surface area (Å²) in [7, 11) is 0. The van der Waals surface area contributed by atoms with E-state index in [4.69, 9.17) is 8.83 Å². The van der Waals surface area contributed by atoms with E-state index in [1.54, 1.807) is 0 Å². The molecule has 0 unspecified atom stereocenters. The van der Waals surface area contributed by atoms with Crippen LogP contribution < -0.4 is 4.90 Å². The molecule has 0 amide bonds. The van der Waals surface area contributed by atoms with Gasteiger partial charge in [-0.05, 0) is 110 Å². The zero-order chi connectivity index (χ0) is 38.9. The fraction of sp³-hybridized carbons (Fsp3) is 0. The van der Waals surface area contributed by atoms with Crippen LogP contribution in [0.3, 0.4) is 0 Å². The number of para-hydroxylation sites is 2. The predicted molar refractivity (Wildman–Crippen MR) is 247 cm³/mol. The average Bonchev–Trinajstić information content (AvgIpc) is 3.88. The zero-order valence-electron chi connectivity index (χ0n) is 32.0. The van der Waals surface area contributed by atoms with Crippen LogP contribution in [-0.4, -0.2) is 0 Å². The van der Waals surface area contributed by atoms with Crippen molar-refractivity contribution in [3.63, 3.8) is 0 Å². The van der Waals surface area contributed by atoms with Crippen molar-refractivity contribution in [1.29, 1.82) is 0 Å². The van der Waals surface area contributed by atoms with E-state index >= 15 is 0 Å². The molecule has 3 nitrogen and oxygen atoms in total. The van der Waals surface area contributed by atoms with Crippen molar-refractivity contribution in [2.24, 2.45) is 0 Å². The standard InChI is InChI=1S/C56H35NO2/c1-2-12-40-34-41(23-22-36(40)10-1)37-24-28-43(29-25-37)57(44-30-26-39(27-31-44)47-18-8-13-38-11-3-4-16-46(38)47)45-15-7-14-42(35-45)48-19-9-20-49-50-32-33-53-54(56(50)59-55(48)49)51-17-5-6-21-52(51)58-53/h1-35H. The van der Waals surface area contributed by atoms with Gasteiger partial charge in [0, 0.05) is 38.8 Å². The highest BCUT2D eigenvalue weighted by atomic mass is 16.3. The van der Waals surface area contributed by atoms with Crippen LogP contribution in [0.5, 0.6) is 0 Å². The Bertz CT molecular complexity index is 3550. The predicted octanol–water partition coefficient (Wildman–Crippen LogP) is 16.3. The van der Waals surface area contributed by atoms with Gasteiger partial charge in [0.15, 0.2) is 0 Å². The van der Waals surface area contributed by atoms with Gasteiger partial charge in [-0.1, -0.05) is 152 Å². The largest absolute Gasteiger partial charge is 0.456 e. The number of nitrogens with zero attached hydrogens (tertiary/aromatic N) is 1. The summed E-state index contributed by atoms with van der Waals surface area (Å²) in [5.41, 5.74) is 13.5. The molecule has 276 valence electrons. The smallest absolute Gasteiger partial charge is 0.147 e. The summed E-state index contributed by atoms with van der Waals surface area (Å²) in [6, 6.07) is 75.8. The van der Waals surface area contributed by atoms with Crippen LogP contribution >= 0.6 is 0 Å². The summed E-state index contributed by atoms with van der Waals surface area (Å²) >= 11 is 0. The van der Waals surface area contributed by atoms with Crippen LogP contribution in [-0.2, 0) is 0 Å². The van der Waals surface area contributed by atoms with Crippen LogP contribution in [0.15, 0.2) is 221 Å². The van der Waals surface area contributed by atoms with Crippen LogP contribution in [0.25, 0.3) is 98.8 Å². The quantitative estimate of drug-likeness (QED) is 0.169. The summed E-state index contributed by atoms with van der Waals surface area (Å²) in [6.07, 6.45) is 0. The normalized spacial score (nSPS) is 11.7. The molecule has 59 heavy (non-hydrogen) atoms. The lowest BCUT2D eigenvalue weighted by molar-refractivity contribution is 0.663. The van der Waals surface area contributed by atoms with Gasteiger partial charge in [0.05, 0.1) is 5.39 Å². The SMILES string of the molecule is c1cc(-c2cccc3c2oc2c3ccc3oc4ccccc4c32)cc(N(c2ccc(-c3ccc4ccccc4c3)cc2)c2ccc(-c3cccc4ccccc34)cc2)c1. The lowest BCUT2D eigenvalue weighted by Crippen LogP contribution is -2.10. The Balaban J connectivity index is 0.989. The number of hydrogen-bond acceptors (Lipinski definition) is 3. The highest BCUT2D eigenvalue weighted by Crippen LogP contribution is 2.44.